The monoisotopic (exact) mass is 347 g/mol. The molecule has 0 atom stereocenters. The van der Waals surface area contributed by atoms with Crippen LogP contribution in [-0.4, -0.2) is 37.3 Å². The third kappa shape index (κ3) is 2.94. The highest BCUT2D eigenvalue weighted by Crippen LogP contribution is 2.20. The number of carbonyl (C=O) groups is 1. The van der Waals surface area contributed by atoms with Gasteiger partial charge in [-0.3, -0.25) is 9.89 Å². The van der Waals surface area contributed by atoms with E-state index in [1.807, 2.05) is 59.8 Å². The Labute approximate surface area is 152 Å². The number of aromatic amines is 1. The molecule has 3 heterocycles. The molecular weight excluding hydrogens is 326 g/mol. The highest BCUT2D eigenvalue weighted by molar-refractivity contribution is 5.92. The van der Waals surface area contributed by atoms with E-state index in [0.717, 1.165) is 40.3 Å². The Kier molecular flexibility index (Phi) is 4.16. The molecule has 0 saturated heterocycles. The van der Waals surface area contributed by atoms with Crippen molar-refractivity contribution < 1.29 is 4.79 Å². The predicted molar refractivity (Wildman–Crippen MR) is 99.8 cm³/mol. The molecule has 0 radical (unpaired) electrons. The maximum Gasteiger partial charge on any atom is 0.246 e. The van der Waals surface area contributed by atoms with Crippen molar-refractivity contribution in [2.45, 2.75) is 26.8 Å². The first-order valence-electron chi connectivity index (χ1n) is 8.73. The first-order chi connectivity index (χ1) is 12.6. The number of aromatic nitrogens is 4. The SMILES string of the molecule is Cc1nn(-c2ccccc2)c(C)c1C=CC(=O)N1CCc2[nH]ncc2C1. The number of hydrogen-bond acceptors (Lipinski definition) is 3. The maximum atomic E-state index is 12.6. The minimum absolute atomic E-state index is 0.0168. The lowest BCUT2D eigenvalue weighted by Gasteiger charge is -2.25. The fourth-order valence-corrected chi connectivity index (χ4v) is 3.39. The second kappa shape index (κ2) is 6.63. The summed E-state index contributed by atoms with van der Waals surface area (Å²) in [4.78, 5) is 14.4. The van der Waals surface area contributed by atoms with Gasteiger partial charge in [-0.1, -0.05) is 18.2 Å². The largest absolute Gasteiger partial charge is 0.334 e. The van der Waals surface area contributed by atoms with Crippen molar-refractivity contribution in [1.82, 2.24) is 24.9 Å². The molecule has 0 bridgehead atoms. The number of para-hydroxylation sites is 1. The van der Waals surface area contributed by atoms with Gasteiger partial charge in [0.1, 0.15) is 0 Å². The molecule has 0 saturated carbocycles. The smallest absolute Gasteiger partial charge is 0.246 e. The fraction of sp³-hybridized carbons (Fsp3) is 0.250. The van der Waals surface area contributed by atoms with Crippen LogP contribution in [0.25, 0.3) is 11.8 Å². The van der Waals surface area contributed by atoms with Crippen LogP contribution < -0.4 is 0 Å². The number of nitrogens with one attached hydrogen (secondary N) is 1. The van der Waals surface area contributed by atoms with Gasteiger partial charge >= 0.3 is 0 Å². The molecule has 1 aliphatic rings. The van der Waals surface area contributed by atoms with Crippen molar-refractivity contribution in [3.63, 3.8) is 0 Å². The molecule has 1 aliphatic heterocycles. The number of aryl methyl sites for hydroxylation is 1. The van der Waals surface area contributed by atoms with Gasteiger partial charge < -0.3 is 4.90 Å². The molecule has 6 heteroatoms. The highest BCUT2D eigenvalue weighted by atomic mass is 16.2. The minimum Gasteiger partial charge on any atom is -0.334 e. The van der Waals surface area contributed by atoms with Gasteiger partial charge in [-0.15, -0.1) is 0 Å². The second-order valence-corrected chi connectivity index (χ2v) is 6.55. The van der Waals surface area contributed by atoms with Gasteiger partial charge in [-0.2, -0.15) is 10.2 Å². The molecular formula is C20H21N5O. The van der Waals surface area contributed by atoms with Gasteiger partial charge in [0.25, 0.3) is 0 Å². The zero-order valence-corrected chi connectivity index (χ0v) is 14.9. The highest BCUT2D eigenvalue weighted by Gasteiger charge is 2.20. The van der Waals surface area contributed by atoms with E-state index in [2.05, 4.69) is 15.3 Å². The zero-order chi connectivity index (χ0) is 18.1. The Morgan fingerprint density at radius 2 is 2.04 bits per heavy atom. The van der Waals surface area contributed by atoms with Crippen molar-refractivity contribution in [2.24, 2.45) is 0 Å². The molecule has 0 fully saturated rings. The van der Waals surface area contributed by atoms with Crippen LogP contribution in [0.2, 0.25) is 0 Å². The number of hydrogen-bond donors (Lipinski definition) is 1. The lowest BCUT2D eigenvalue weighted by molar-refractivity contribution is -0.126. The first-order valence-corrected chi connectivity index (χ1v) is 8.73. The summed E-state index contributed by atoms with van der Waals surface area (Å²) < 4.78 is 1.91. The summed E-state index contributed by atoms with van der Waals surface area (Å²) in [5.74, 6) is 0.0168. The molecule has 26 heavy (non-hydrogen) atoms. The Balaban J connectivity index is 1.54. The Morgan fingerprint density at radius 3 is 2.85 bits per heavy atom. The topological polar surface area (TPSA) is 66.8 Å². The molecule has 1 aromatic carbocycles. The quantitative estimate of drug-likeness (QED) is 0.741. The number of amides is 1. The summed E-state index contributed by atoms with van der Waals surface area (Å²) in [6, 6.07) is 10.0. The van der Waals surface area contributed by atoms with E-state index in [9.17, 15) is 4.79 Å². The van der Waals surface area contributed by atoms with Gasteiger partial charge in [0.15, 0.2) is 0 Å². The predicted octanol–water partition coefficient (Wildman–Crippen LogP) is 2.81. The lowest BCUT2D eigenvalue weighted by Crippen LogP contribution is -2.34. The van der Waals surface area contributed by atoms with Crippen LogP contribution >= 0.6 is 0 Å². The van der Waals surface area contributed by atoms with E-state index in [4.69, 9.17) is 0 Å². The average molecular weight is 347 g/mol. The summed E-state index contributed by atoms with van der Waals surface area (Å²) in [5, 5.41) is 11.7. The summed E-state index contributed by atoms with van der Waals surface area (Å²) >= 11 is 0. The fourth-order valence-electron chi connectivity index (χ4n) is 3.39. The zero-order valence-electron chi connectivity index (χ0n) is 14.9. The molecule has 0 unspecified atom stereocenters. The van der Waals surface area contributed by atoms with Gasteiger partial charge in [0.05, 0.1) is 17.6 Å². The second-order valence-electron chi connectivity index (χ2n) is 6.55. The van der Waals surface area contributed by atoms with E-state index >= 15 is 0 Å². The summed E-state index contributed by atoms with van der Waals surface area (Å²) in [6.07, 6.45) is 6.15. The van der Waals surface area contributed by atoms with E-state index < -0.39 is 0 Å². The number of nitrogens with zero attached hydrogens (tertiary/aromatic N) is 4. The van der Waals surface area contributed by atoms with Crippen molar-refractivity contribution in [1.29, 1.82) is 0 Å². The molecule has 0 aliphatic carbocycles. The molecule has 1 amide bonds. The third-order valence-electron chi connectivity index (χ3n) is 4.85. The summed E-state index contributed by atoms with van der Waals surface area (Å²) in [5.41, 5.74) is 6.17. The Hall–Kier alpha value is -3.15. The molecule has 6 nitrogen and oxygen atoms in total. The van der Waals surface area contributed by atoms with Crippen molar-refractivity contribution >= 4 is 12.0 Å². The minimum atomic E-state index is 0.0168. The van der Waals surface area contributed by atoms with Crippen LogP contribution in [0.1, 0.15) is 28.2 Å². The van der Waals surface area contributed by atoms with Crippen molar-refractivity contribution in [2.75, 3.05) is 6.54 Å². The van der Waals surface area contributed by atoms with Crippen LogP contribution in [-0.2, 0) is 17.8 Å². The normalized spacial score (nSPS) is 14.0. The average Bonchev–Trinajstić information content (AvgIpc) is 3.24. The number of rotatable bonds is 3. The van der Waals surface area contributed by atoms with E-state index in [1.165, 1.54) is 0 Å². The van der Waals surface area contributed by atoms with E-state index in [1.54, 1.807) is 12.3 Å². The molecule has 1 N–H and O–H groups in total. The van der Waals surface area contributed by atoms with Crippen LogP contribution in [0.4, 0.5) is 0 Å². The molecule has 4 rings (SSSR count). The van der Waals surface area contributed by atoms with E-state index in [-0.39, 0.29) is 5.91 Å². The summed E-state index contributed by atoms with van der Waals surface area (Å²) in [7, 11) is 0. The van der Waals surface area contributed by atoms with Gasteiger partial charge in [0.2, 0.25) is 5.91 Å². The molecule has 0 spiro atoms. The molecule has 2 aromatic heterocycles. The number of benzene rings is 1. The molecule has 3 aromatic rings. The van der Waals surface area contributed by atoms with Gasteiger partial charge in [0, 0.05) is 48.1 Å². The van der Waals surface area contributed by atoms with Crippen LogP contribution in [0.5, 0.6) is 0 Å². The van der Waals surface area contributed by atoms with Gasteiger partial charge in [-0.05, 0) is 32.1 Å². The number of H-pyrrole nitrogens is 1. The van der Waals surface area contributed by atoms with Crippen LogP contribution in [0.3, 0.4) is 0 Å². The summed E-state index contributed by atoms with van der Waals surface area (Å²) in [6.45, 7) is 5.31. The maximum absolute atomic E-state index is 12.6. The first kappa shape index (κ1) is 16.3. The number of carbonyl (C=O) groups excluding carboxylic acids is 1. The lowest BCUT2D eigenvalue weighted by atomic mass is 10.1. The van der Waals surface area contributed by atoms with Crippen molar-refractivity contribution in [3.05, 3.63) is 70.8 Å². The number of fused-ring (bicyclic) bond motifs is 1. The van der Waals surface area contributed by atoms with Crippen molar-refractivity contribution in [3.8, 4) is 5.69 Å². The Morgan fingerprint density at radius 1 is 1.23 bits per heavy atom. The molecule has 132 valence electrons. The standard InChI is InChI=1S/C20H21N5O/c1-14-18(15(2)25(23-14)17-6-4-3-5-7-17)8-9-20(26)24-11-10-19-16(13-24)12-21-22-19/h3-9,12H,10-11,13H2,1-2H3,(H,21,22). The third-order valence-corrected chi connectivity index (χ3v) is 4.85. The Bertz CT molecular complexity index is 968. The van der Waals surface area contributed by atoms with Crippen LogP contribution in [0, 0.1) is 13.8 Å². The van der Waals surface area contributed by atoms with Gasteiger partial charge in [-0.25, -0.2) is 4.68 Å². The van der Waals surface area contributed by atoms with Crippen LogP contribution in [0.15, 0.2) is 42.6 Å². The van der Waals surface area contributed by atoms with E-state index in [0.29, 0.717) is 13.1 Å².